The van der Waals surface area contributed by atoms with Crippen molar-refractivity contribution in [2.75, 3.05) is 13.7 Å². The summed E-state index contributed by atoms with van der Waals surface area (Å²) in [5, 5.41) is 9.46. The number of thiazole rings is 1. The van der Waals surface area contributed by atoms with Gasteiger partial charge in [0, 0.05) is 22.9 Å². The molecule has 0 spiro atoms. The highest BCUT2D eigenvalue weighted by Gasteiger charge is 2.18. The normalized spacial score (nSPS) is 12.2. The van der Waals surface area contributed by atoms with E-state index in [2.05, 4.69) is 46.1 Å². The molecule has 0 radical (unpaired) electrons. The largest absolute Gasteiger partial charge is 0.497 e. The van der Waals surface area contributed by atoms with E-state index in [0.717, 1.165) is 10.7 Å². The summed E-state index contributed by atoms with van der Waals surface area (Å²) in [5.41, 5.74) is 1.44. The van der Waals surface area contributed by atoms with Crippen LogP contribution in [0.15, 0.2) is 28.6 Å². The molecule has 9 heteroatoms. The van der Waals surface area contributed by atoms with Crippen molar-refractivity contribution < 1.29 is 18.3 Å². The molecular weight excluding hydrogens is 398 g/mol. The number of rotatable bonds is 8. The molecule has 0 aliphatic carbocycles. The lowest BCUT2D eigenvalue weighted by Crippen LogP contribution is -2.36. The predicted molar refractivity (Wildman–Crippen MR) is 112 cm³/mol. The molecule has 0 aliphatic rings. The highest BCUT2D eigenvalue weighted by molar-refractivity contribution is 7.09. The Morgan fingerprint density at radius 3 is 2.62 bits per heavy atom. The molecule has 6 nitrogen and oxygen atoms in total. The molecule has 0 saturated carbocycles. The SMILES string of the molecule is CCNC(=NCc1cc(OC)ccc1OC(F)F)NCc1csc(C(C)(C)C)n1. The number of aliphatic imine (C=N–C) groups is 1. The third-order valence-corrected chi connectivity index (χ3v) is 5.18. The van der Waals surface area contributed by atoms with Crippen LogP contribution in [0.2, 0.25) is 0 Å². The van der Waals surface area contributed by atoms with Gasteiger partial charge in [-0.3, -0.25) is 0 Å². The van der Waals surface area contributed by atoms with Crippen LogP contribution in [-0.4, -0.2) is 31.2 Å². The van der Waals surface area contributed by atoms with Gasteiger partial charge in [-0.05, 0) is 25.1 Å². The molecule has 2 rings (SSSR count). The number of aromatic nitrogens is 1. The second kappa shape index (κ2) is 10.4. The number of alkyl halides is 2. The summed E-state index contributed by atoms with van der Waals surface area (Å²) >= 11 is 1.63. The van der Waals surface area contributed by atoms with E-state index in [0.29, 0.717) is 30.4 Å². The zero-order valence-electron chi connectivity index (χ0n) is 17.4. The van der Waals surface area contributed by atoms with Crippen LogP contribution in [0, 0.1) is 0 Å². The maximum atomic E-state index is 12.7. The molecule has 1 aromatic carbocycles. The highest BCUT2D eigenvalue weighted by Crippen LogP contribution is 2.27. The maximum Gasteiger partial charge on any atom is 0.387 e. The number of guanidine groups is 1. The van der Waals surface area contributed by atoms with Gasteiger partial charge in [-0.15, -0.1) is 11.3 Å². The number of hydrogen-bond acceptors (Lipinski definition) is 5. The van der Waals surface area contributed by atoms with Crippen molar-refractivity contribution >= 4 is 17.3 Å². The molecular formula is C20H28F2N4O2S. The lowest BCUT2D eigenvalue weighted by molar-refractivity contribution is -0.0504. The van der Waals surface area contributed by atoms with Gasteiger partial charge < -0.3 is 20.1 Å². The van der Waals surface area contributed by atoms with Gasteiger partial charge in [0.05, 0.1) is 30.9 Å². The topological polar surface area (TPSA) is 67.8 Å². The summed E-state index contributed by atoms with van der Waals surface area (Å²) in [6, 6.07) is 4.67. The summed E-state index contributed by atoms with van der Waals surface area (Å²) in [5.74, 6) is 1.19. The van der Waals surface area contributed by atoms with E-state index >= 15 is 0 Å². The number of halogens is 2. The van der Waals surface area contributed by atoms with Crippen LogP contribution < -0.4 is 20.1 Å². The van der Waals surface area contributed by atoms with Gasteiger partial charge in [0.1, 0.15) is 11.5 Å². The fraction of sp³-hybridized carbons (Fsp3) is 0.500. The number of methoxy groups -OCH3 is 1. The number of benzene rings is 1. The standard InChI is InChI=1S/C20H28F2N4O2S/c1-6-23-19(25-11-14-12-29-17(26-14)20(2,3)4)24-10-13-9-15(27-5)7-8-16(13)28-18(21)22/h7-9,12,18H,6,10-11H2,1-5H3,(H2,23,24,25). The van der Waals surface area contributed by atoms with Gasteiger partial charge in [0.2, 0.25) is 0 Å². The van der Waals surface area contributed by atoms with Crippen LogP contribution in [0.25, 0.3) is 0 Å². The molecule has 160 valence electrons. The van der Waals surface area contributed by atoms with E-state index in [9.17, 15) is 8.78 Å². The molecule has 1 heterocycles. The lowest BCUT2D eigenvalue weighted by Gasteiger charge is -2.14. The fourth-order valence-corrected chi connectivity index (χ4v) is 3.34. The van der Waals surface area contributed by atoms with E-state index in [4.69, 9.17) is 4.74 Å². The molecule has 1 aromatic heterocycles. The second-order valence-electron chi connectivity index (χ2n) is 7.29. The first-order chi connectivity index (χ1) is 13.7. The number of hydrogen-bond donors (Lipinski definition) is 2. The number of ether oxygens (including phenoxy) is 2. The van der Waals surface area contributed by atoms with E-state index < -0.39 is 6.61 Å². The third kappa shape index (κ3) is 7.16. The molecule has 0 fully saturated rings. The summed E-state index contributed by atoms with van der Waals surface area (Å²) < 4.78 is 35.1. The summed E-state index contributed by atoms with van der Waals surface area (Å²) in [6.07, 6.45) is 0. The second-order valence-corrected chi connectivity index (χ2v) is 8.15. The molecule has 29 heavy (non-hydrogen) atoms. The Labute approximate surface area is 174 Å². The van der Waals surface area contributed by atoms with Crippen molar-refractivity contribution in [3.8, 4) is 11.5 Å². The Hall–Kier alpha value is -2.42. The van der Waals surface area contributed by atoms with Gasteiger partial charge in [-0.25, -0.2) is 9.98 Å². The zero-order chi connectivity index (χ0) is 21.4. The first kappa shape index (κ1) is 22.9. The molecule has 0 amide bonds. The van der Waals surface area contributed by atoms with Gasteiger partial charge in [-0.1, -0.05) is 20.8 Å². The van der Waals surface area contributed by atoms with E-state index in [1.807, 2.05) is 12.3 Å². The van der Waals surface area contributed by atoms with Crippen molar-refractivity contribution in [3.63, 3.8) is 0 Å². The first-order valence-corrected chi connectivity index (χ1v) is 10.2. The van der Waals surface area contributed by atoms with Gasteiger partial charge in [-0.2, -0.15) is 8.78 Å². The van der Waals surface area contributed by atoms with Gasteiger partial charge in [0.25, 0.3) is 0 Å². The molecule has 0 saturated heterocycles. The Balaban J connectivity index is 2.11. The van der Waals surface area contributed by atoms with Crippen LogP contribution in [-0.2, 0) is 18.5 Å². The number of nitrogens with one attached hydrogen (secondary N) is 2. The van der Waals surface area contributed by atoms with Crippen LogP contribution in [0.4, 0.5) is 8.78 Å². The predicted octanol–water partition coefficient (Wildman–Crippen LogP) is 4.31. The Kier molecular flexibility index (Phi) is 8.19. The summed E-state index contributed by atoms with van der Waals surface area (Å²) in [4.78, 5) is 9.14. The third-order valence-electron chi connectivity index (χ3n) is 3.87. The lowest BCUT2D eigenvalue weighted by atomic mass is 9.98. The quantitative estimate of drug-likeness (QED) is 0.486. The number of nitrogens with zero attached hydrogens (tertiary/aromatic N) is 2. The van der Waals surface area contributed by atoms with E-state index in [-0.39, 0.29) is 17.7 Å². The minimum atomic E-state index is -2.90. The molecule has 2 aromatic rings. The average molecular weight is 427 g/mol. The van der Waals surface area contributed by atoms with Crippen LogP contribution in [0.3, 0.4) is 0 Å². The molecule has 0 unspecified atom stereocenters. The van der Waals surface area contributed by atoms with Gasteiger partial charge >= 0.3 is 6.61 Å². The van der Waals surface area contributed by atoms with Gasteiger partial charge in [0.15, 0.2) is 5.96 Å². The molecule has 0 aliphatic heterocycles. The molecule has 0 atom stereocenters. The fourth-order valence-electron chi connectivity index (χ4n) is 2.43. The Morgan fingerprint density at radius 2 is 2.03 bits per heavy atom. The Bertz CT molecular complexity index is 819. The van der Waals surface area contributed by atoms with Crippen molar-refractivity contribution in [1.82, 2.24) is 15.6 Å². The van der Waals surface area contributed by atoms with E-state index in [1.54, 1.807) is 23.5 Å². The zero-order valence-corrected chi connectivity index (χ0v) is 18.2. The molecule has 2 N–H and O–H groups in total. The monoisotopic (exact) mass is 426 g/mol. The summed E-state index contributed by atoms with van der Waals surface area (Å²) in [7, 11) is 1.52. The molecule has 0 bridgehead atoms. The smallest absolute Gasteiger partial charge is 0.387 e. The van der Waals surface area contributed by atoms with Crippen LogP contribution in [0.1, 0.15) is 44.0 Å². The van der Waals surface area contributed by atoms with Crippen molar-refractivity contribution in [2.45, 2.75) is 52.8 Å². The van der Waals surface area contributed by atoms with Crippen molar-refractivity contribution in [1.29, 1.82) is 0 Å². The van der Waals surface area contributed by atoms with Crippen LogP contribution in [0.5, 0.6) is 11.5 Å². The average Bonchev–Trinajstić information content (AvgIpc) is 3.14. The summed E-state index contributed by atoms with van der Waals surface area (Å²) in [6.45, 7) is 6.75. The van der Waals surface area contributed by atoms with Crippen molar-refractivity contribution in [2.24, 2.45) is 4.99 Å². The van der Waals surface area contributed by atoms with E-state index in [1.165, 1.54) is 13.2 Å². The minimum absolute atomic E-state index is 0.00890. The maximum absolute atomic E-state index is 12.7. The first-order valence-electron chi connectivity index (χ1n) is 9.31. The minimum Gasteiger partial charge on any atom is -0.497 e. The highest BCUT2D eigenvalue weighted by atomic mass is 32.1. The van der Waals surface area contributed by atoms with Crippen LogP contribution >= 0.6 is 11.3 Å². The Morgan fingerprint density at radius 1 is 1.28 bits per heavy atom. The van der Waals surface area contributed by atoms with Crippen molar-refractivity contribution in [3.05, 3.63) is 39.8 Å².